The fourth-order valence-electron chi connectivity index (χ4n) is 1.51. The van der Waals surface area contributed by atoms with Gasteiger partial charge in [0.25, 0.3) is 0 Å². The van der Waals surface area contributed by atoms with Gasteiger partial charge in [0.15, 0.2) is 5.85 Å². The van der Waals surface area contributed by atoms with Gasteiger partial charge in [-0.1, -0.05) is 38.1 Å². The molecule has 1 N–H and O–H groups in total. The highest BCUT2D eigenvalue weighted by Gasteiger charge is 2.33. The summed E-state index contributed by atoms with van der Waals surface area (Å²) in [6.45, 7) is 4.17. The molecule has 0 aromatic heterocycles. The van der Waals surface area contributed by atoms with Gasteiger partial charge < -0.3 is 14.2 Å². The molecule has 5 heteroatoms. The smallest absolute Gasteiger partial charge is 0.362 e. The highest BCUT2D eigenvalue weighted by molar-refractivity contribution is 7.53. The number of hydrogen-bond acceptors (Lipinski definition) is 4. The molecular formula is C12H19O4P. The summed E-state index contributed by atoms with van der Waals surface area (Å²) in [5.74, 6) is -0.837. The third-order valence-corrected chi connectivity index (χ3v) is 4.62. The van der Waals surface area contributed by atoms with Crippen molar-refractivity contribution in [3.8, 4) is 0 Å². The first kappa shape index (κ1) is 14.4. The van der Waals surface area contributed by atoms with E-state index in [1.807, 2.05) is 12.1 Å². The standard InChI is InChI=1S/C12H19O4P/c1-9(2)10-5-7-11(8-6-10)12(13)17(14,15-3)16-4/h5-9,12-13H,1-4H3/t12-/m0/s1. The molecule has 0 aliphatic carbocycles. The minimum absolute atomic E-state index is 0.415. The van der Waals surface area contributed by atoms with Crippen LogP contribution >= 0.6 is 7.60 Å². The van der Waals surface area contributed by atoms with Crippen LogP contribution in [0.4, 0.5) is 0 Å². The van der Waals surface area contributed by atoms with E-state index in [1.165, 1.54) is 14.2 Å². The van der Waals surface area contributed by atoms with Crippen molar-refractivity contribution in [1.29, 1.82) is 0 Å². The van der Waals surface area contributed by atoms with Crippen LogP contribution in [0.5, 0.6) is 0 Å². The molecule has 1 rings (SSSR count). The molecule has 0 radical (unpaired) electrons. The van der Waals surface area contributed by atoms with Gasteiger partial charge in [0.1, 0.15) is 0 Å². The lowest BCUT2D eigenvalue weighted by atomic mass is 10.0. The Morgan fingerprint density at radius 3 is 1.82 bits per heavy atom. The minimum atomic E-state index is -3.48. The van der Waals surface area contributed by atoms with Gasteiger partial charge >= 0.3 is 7.60 Å². The Morgan fingerprint density at radius 2 is 1.47 bits per heavy atom. The van der Waals surface area contributed by atoms with Crippen LogP contribution in [-0.2, 0) is 13.6 Å². The monoisotopic (exact) mass is 258 g/mol. The summed E-state index contributed by atoms with van der Waals surface area (Å²) in [7, 11) is -0.958. The Labute approximate surface area is 102 Å². The van der Waals surface area contributed by atoms with Gasteiger partial charge in [-0.2, -0.15) is 0 Å². The average molecular weight is 258 g/mol. The van der Waals surface area contributed by atoms with Crippen LogP contribution in [-0.4, -0.2) is 19.3 Å². The van der Waals surface area contributed by atoms with E-state index >= 15 is 0 Å². The summed E-state index contributed by atoms with van der Waals surface area (Å²) in [5.41, 5.74) is 1.69. The van der Waals surface area contributed by atoms with E-state index in [4.69, 9.17) is 9.05 Å². The lowest BCUT2D eigenvalue weighted by molar-refractivity contribution is 0.176. The van der Waals surface area contributed by atoms with E-state index in [-0.39, 0.29) is 0 Å². The summed E-state index contributed by atoms with van der Waals surface area (Å²) in [6.07, 6.45) is 0. The molecule has 0 aliphatic rings. The number of hydrogen-bond donors (Lipinski definition) is 1. The lowest BCUT2D eigenvalue weighted by Gasteiger charge is -2.20. The Kier molecular flexibility index (Phi) is 4.90. The summed E-state index contributed by atoms with van der Waals surface area (Å²) in [6, 6.07) is 7.28. The van der Waals surface area contributed by atoms with Crippen molar-refractivity contribution in [1.82, 2.24) is 0 Å². The number of aliphatic hydroxyl groups excluding tert-OH is 1. The SMILES string of the molecule is COP(=O)(OC)[C@H](O)c1ccc(C(C)C)cc1. The third kappa shape index (κ3) is 3.17. The fraction of sp³-hybridized carbons (Fsp3) is 0.500. The van der Waals surface area contributed by atoms with Crippen molar-refractivity contribution >= 4 is 7.60 Å². The Hall–Kier alpha value is -0.670. The van der Waals surface area contributed by atoms with Crippen molar-refractivity contribution < 1.29 is 18.7 Å². The maximum atomic E-state index is 12.0. The average Bonchev–Trinajstić information content (AvgIpc) is 2.37. The topological polar surface area (TPSA) is 55.8 Å². The number of benzene rings is 1. The normalized spacial score (nSPS) is 14.0. The van der Waals surface area contributed by atoms with Gasteiger partial charge in [-0.3, -0.25) is 4.57 Å². The van der Waals surface area contributed by atoms with Crippen LogP contribution in [0.15, 0.2) is 24.3 Å². The first-order valence-corrected chi connectivity index (χ1v) is 7.05. The number of aliphatic hydroxyl groups is 1. The van der Waals surface area contributed by atoms with E-state index in [0.717, 1.165) is 5.56 Å². The Bertz CT molecular complexity index is 391. The van der Waals surface area contributed by atoms with Crippen LogP contribution < -0.4 is 0 Å². The molecule has 0 bridgehead atoms. The van der Waals surface area contributed by atoms with E-state index in [9.17, 15) is 9.67 Å². The Balaban J connectivity index is 2.97. The summed E-state index contributed by atoms with van der Waals surface area (Å²) in [5, 5.41) is 9.96. The molecule has 0 heterocycles. The molecule has 4 nitrogen and oxygen atoms in total. The first-order valence-electron chi connectivity index (χ1n) is 5.43. The lowest BCUT2D eigenvalue weighted by Crippen LogP contribution is -2.03. The van der Waals surface area contributed by atoms with Crippen LogP contribution in [0.25, 0.3) is 0 Å². The third-order valence-electron chi connectivity index (χ3n) is 2.71. The largest absolute Gasteiger partial charge is 0.376 e. The summed E-state index contributed by atoms with van der Waals surface area (Å²) < 4.78 is 21.5. The maximum Gasteiger partial charge on any atom is 0.362 e. The molecular weight excluding hydrogens is 239 g/mol. The zero-order valence-electron chi connectivity index (χ0n) is 10.6. The molecule has 0 amide bonds. The van der Waals surface area contributed by atoms with E-state index in [0.29, 0.717) is 11.5 Å². The molecule has 0 aliphatic heterocycles. The second-order valence-electron chi connectivity index (χ2n) is 4.10. The molecule has 0 spiro atoms. The maximum absolute atomic E-state index is 12.0. The molecule has 0 saturated carbocycles. The minimum Gasteiger partial charge on any atom is -0.376 e. The summed E-state index contributed by atoms with van der Waals surface area (Å²) in [4.78, 5) is 0. The van der Waals surface area contributed by atoms with Gasteiger partial charge in [-0.15, -0.1) is 0 Å². The predicted molar refractivity (Wildman–Crippen MR) is 67.1 cm³/mol. The second kappa shape index (κ2) is 5.78. The molecule has 17 heavy (non-hydrogen) atoms. The molecule has 96 valence electrons. The molecule has 0 saturated heterocycles. The number of rotatable bonds is 5. The molecule has 1 aromatic rings. The van der Waals surface area contributed by atoms with Gasteiger partial charge in [0, 0.05) is 14.2 Å². The van der Waals surface area contributed by atoms with E-state index in [1.54, 1.807) is 12.1 Å². The molecule has 1 atom stereocenters. The zero-order valence-corrected chi connectivity index (χ0v) is 11.5. The zero-order chi connectivity index (χ0) is 13.1. The van der Waals surface area contributed by atoms with Crippen LogP contribution in [0, 0.1) is 0 Å². The first-order chi connectivity index (χ1) is 7.94. The van der Waals surface area contributed by atoms with Gasteiger partial charge in [-0.05, 0) is 17.0 Å². The highest BCUT2D eigenvalue weighted by Crippen LogP contribution is 2.58. The van der Waals surface area contributed by atoms with Crippen molar-refractivity contribution in [3.05, 3.63) is 35.4 Å². The quantitative estimate of drug-likeness (QED) is 0.823. The van der Waals surface area contributed by atoms with E-state index < -0.39 is 13.4 Å². The van der Waals surface area contributed by atoms with Crippen molar-refractivity contribution in [2.24, 2.45) is 0 Å². The van der Waals surface area contributed by atoms with Gasteiger partial charge in [0.2, 0.25) is 0 Å². The van der Waals surface area contributed by atoms with Crippen molar-refractivity contribution in [2.75, 3.05) is 14.2 Å². The second-order valence-corrected chi connectivity index (χ2v) is 6.40. The van der Waals surface area contributed by atoms with Crippen molar-refractivity contribution in [2.45, 2.75) is 25.6 Å². The summed E-state index contributed by atoms with van der Waals surface area (Å²) >= 11 is 0. The molecule has 0 fully saturated rings. The van der Waals surface area contributed by atoms with Crippen LogP contribution in [0.1, 0.15) is 36.7 Å². The fourth-order valence-corrected chi connectivity index (χ4v) is 2.60. The molecule has 1 aromatic carbocycles. The predicted octanol–water partition coefficient (Wildman–Crippen LogP) is 3.29. The highest BCUT2D eigenvalue weighted by atomic mass is 31.2. The van der Waals surface area contributed by atoms with Crippen molar-refractivity contribution in [3.63, 3.8) is 0 Å². The van der Waals surface area contributed by atoms with Crippen LogP contribution in [0.3, 0.4) is 0 Å². The van der Waals surface area contributed by atoms with Gasteiger partial charge in [0.05, 0.1) is 0 Å². The van der Waals surface area contributed by atoms with Crippen LogP contribution in [0.2, 0.25) is 0 Å². The molecule has 0 unspecified atom stereocenters. The van der Waals surface area contributed by atoms with Gasteiger partial charge in [-0.25, -0.2) is 0 Å². The Morgan fingerprint density at radius 1 is 1.06 bits per heavy atom. The van der Waals surface area contributed by atoms with E-state index in [2.05, 4.69) is 13.8 Å².